The number of amides is 2. The molecule has 2 aromatic carbocycles. The Bertz CT molecular complexity index is 1320. The minimum Gasteiger partial charge on any atom is -0.490 e. The molecule has 1 aromatic heterocycles. The Morgan fingerprint density at radius 2 is 2.03 bits per heavy atom. The van der Waals surface area contributed by atoms with Crippen LogP contribution in [-0.2, 0) is 16.1 Å². The zero-order chi connectivity index (χ0) is 25.7. The summed E-state index contributed by atoms with van der Waals surface area (Å²) in [7, 11) is 0. The molecular formula is C26H23ClN2O5S2. The molecular weight excluding hydrogens is 520 g/mol. The number of nitrogens with zero attached hydrogens (tertiary/aromatic N) is 1. The van der Waals surface area contributed by atoms with Gasteiger partial charge in [0, 0.05) is 10.7 Å². The van der Waals surface area contributed by atoms with E-state index in [1.54, 1.807) is 54.8 Å². The number of thiocarbonyl (C=S) groups is 1. The van der Waals surface area contributed by atoms with Crippen LogP contribution >= 0.6 is 35.6 Å². The average molecular weight is 543 g/mol. The number of halogens is 1. The van der Waals surface area contributed by atoms with Crippen LogP contribution in [-0.4, -0.2) is 34.2 Å². The van der Waals surface area contributed by atoms with Crippen molar-refractivity contribution in [2.24, 2.45) is 0 Å². The summed E-state index contributed by atoms with van der Waals surface area (Å²) >= 11 is 12.7. The van der Waals surface area contributed by atoms with E-state index in [1.807, 2.05) is 19.9 Å². The Morgan fingerprint density at radius 1 is 1.19 bits per heavy atom. The lowest BCUT2D eigenvalue weighted by Gasteiger charge is -2.13. The predicted molar refractivity (Wildman–Crippen MR) is 145 cm³/mol. The van der Waals surface area contributed by atoms with Gasteiger partial charge in [0.25, 0.3) is 11.8 Å². The van der Waals surface area contributed by atoms with Gasteiger partial charge in [-0.25, -0.2) is 0 Å². The quantitative estimate of drug-likeness (QED) is 0.260. The van der Waals surface area contributed by atoms with Gasteiger partial charge in [0.05, 0.1) is 24.3 Å². The summed E-state index contributed by atoms with van der Waals surface area (Å²) in [4.78, 5) is 27.3. The highest BCUT2D eigenvalue weighted by Gasteiger charge is 2.32. The number of thioether (sulfide) groups is 1. The van der Waals surface area contributed by atoms with E-state index in [0.717, 1.165) is 11.1 Å². The number of nitrogens with one attached hydrogen (secondary N) is 1. The molecule has 0 bridgehead atoms. The number of carbonyl (C=O) groups excluding carboxylic acids is 2. The lowest BCUT2D eigenvalue weighted by Crippen LogP contribution is -2.27. The van der Waals surface area contributed by atoms with Crippen LogP contribution in [0, 0.1) is 6.92 Å². The average Bonchev–Trinajstić information content (AvgIpc) is 3.45. The van der Waals surface area contributed by atoms with Crippen LogP contribution in [0.1, 0.15) is 23.8 Å². The fourth-order valence-corrected chi connectivity index (χ4v) is 4.79. The maximum atomic E-state index is 12.9. The van der Waals surface area contributed by atoms with Gasteiger partial charge in [0.15, 0.2) is 18.1 Å². The topological polar surface area (TPSA) is 81.0 Å². The fraction of sp³-hybridized carbons (Fsp3) is 0.192. The van der Waals surface area contributed by atoms with Crippen molar-refractivity contribution < 1.29 is 23.5 Å². The molecule has 1 aliphatic heterocycles. The second-order valence-corrected chi connectivity index (χ2v) is 9.87. The van der Waals surface area contributed by atoms with Crippen molar-refractivity contribution in [1.82, 2.24) is 4.90 Å². The standard InChI is InChI=1S/C26H23ClN2O5S2/c1-3-32-22-11-17(12-23-25(31)29(26(35)36-23)14-19-5-4-10-33-19)7-9-21(22)34-15-24(30)28-18-8-6-16(2)20(27)13-18/h4-13H,3,14-15H2,1-2H3,(H,28,30)/b23-12-. The molecule has 2 heterocycles. The van der Waals surface area contributed by atoms with E-state index < -0.39 is 0 Å². The third-order valence-electron chi connectivity index (χ3n) is 5.15. The van der Waals surface area contributed by atoms with E-state index in [-0.39, 0.29) is 25.0 Å². The number of benzene rings is 2. The third-order valence-corrected chi connectivity index (χ3v) is 6.93. The smallest absolute Gasteiger partial charge is 0.266 e. The van der Waals surface area contributed by atoms with Gasteiger partial charge in [0.1, 0.15) is 10.1 Å². The van der Waals surface area contributed by atoms with Crippen LogP contribution in [0.25, 0.3) is 6.08 Å². The van der Waals surface area contributed by atoms with Crippen molar-refractivity contribution >= 4 is 63.5 Å². The van der Waals surface area contributed by atoms with Crippen molar-refractivity contribution in [2.75, 3.05) is 18.5 Å². The molecule has 1 aliphatic rings. The molecule has 1 fully saturated rings. The maximum absolute atomic E-state index is 12.9. The second-order valence-electron chi connectivity index (χ2n) is 7.79. The number of anilines is 1. The van der Waals surface area contributed by atoms with Gasteiger partial charge in [-0.3, -0.25) is 14.5 Å². The first-order chi connectivity index (χ1) is 17.3. The van der Waals surface area contributed by atoms with Crippen molar-refractivity contribution in [1.29, 1.82) is 0 Å². The number of hydrogen-bond acceptors (Lipinski definition) is 7. The van der Waals surface area contributed by atoms with E-state index in [4.69, 9.17) is 37.7 Å². The molecule has 10 heteroatoms. The van der Waals surface area contributed by atoms with Crippen LogP contribution in [0.3, 0.4) is 0 Å². The highest BCUT2D eigenvalue weighted by molar-refractivity contribution is 8.26. The summed E-state index contributed by atoms with van der Waals surface area (Å²) in [6.45, 7) is 4.21. The zero-order valence-corrected chi connectivity index (χ0v) is 22.0. The second kappa shape index (κ2) is 11.6. The Kier molecular flexibility index (Phi) is 8.35. The van der Waals surface area contributed by atoms with Gasteiger partial charge in [0.2, 0.25) is 0 Å². The van der Waals surface area contributed by atoms with Crippen LogP contribution < -0.4 is 14.8 Å². The molecule has 0 radical (unpaired) electrons. The number of aryl methyl sites for hydroxylation is 1. The SMILES string of the molecule is CCOc1cc(/C=C2\SC(=S)N(Cc3ccco3)C2=O)ccc1OCC(=O)Nc1ccc(C)c(Cl)c1. The monoisotopic (exact) mass is 542 g/mol. The molecule has 7 nitrogen and oxygen atoms in total. The number of furan rings is 1. The number of rotatable bonds is 9. The Balaban J connectivity index is 1.43. The Morgan fingerprint density at radius 3 is 2.75 bits per heavy atom. The first-order valence-electron chi connectivity index (χ1n) is 11.1. The van der Waals surface area contributed by atoms with E-state index >= 15 is 0 Å². The minimum absolute atomic E-state index is 0.187. The Hall–Kier alpha value is -3.27. The normalized spacial score (nSPS) is 14.4. The molecule has 1 saturated heterocycles. The molecule has 0 spiro atoms. The third kappa shape index (κ3) is 6.29. The summed E-state index contributed by atoms with van der Waals surface area (Å²) in [6, 6.07) is 14.1. The van der Waals surface area contributed by atoms with Crippen molar-refractivity contribution in [2.45, 2.75) is 20.4 Å². The fourth-order valence-electron chi connectivity index (χ4n) is 3.36. The molecule has 0 aliphatic carbocycles. The summed E-state index contributed by atoms with van der Waals surface area (Å²) in [5.41, 5.74) is 2.25. The maximum Gasteiger partial charge on any atom is 0.266 e. The van der Waals surface area contributed by atoms with Gasteiger partial charge in [-0.1, -0.05) is 47.7 Å². The van der Waals surface area contributed by atoms with E-state index in [2.05, 4.69) is 5.32 Å². The van der Waals surface area contributed by atoms with Crippen LogP contribution in [0.2, 0.25) is 5.02 Å². The lowest BCUT2D eigenvalue weighted by molar-refractivity contribution is -0.122. The number of hydrogen-bond donors (Lipinski definition) is 1. The van der Waals surface area contributed by atoms with E-state index in [1.165, 1.54) is 16.7 Å². The van der Waals surface area contributed by atoms with E-state index in [9.17, 15) is 9.59 Å². The van der Waals surface area contributed by atoms with Crippen molar-refractivity contribution in [3.05, 3.63) is 81.6 Å². The van der Waals surface area contributed by atoms with E-state index in [0.29, 0.717) is 43.8 Å². The van der Waals surface area contributed by atoms with Crippen molar-refractivity contribution in [3.63, 3.8) is 0 Å². The highest BCUT2D eigenvalue weighted by atomic mass is 35.5. The molecule has 4 rings (SSSR count). The summed E-state index contributed by atoms with van der Waals surface area (Å²) in [6.07, 6.45) is 3.31. The molecule has 186 valence electrons. The highest BCUT2D eigenvalue weighted by Crippen LogP contribution is 2.35. The first-order valence-corrected chi connectivity index (χ1v) is 12.7. The van der Waals surface area contributed by atoms with Crippen molar-refractivity contribution in [3.8, 4) is 11.5 Å². The predicted octanol–water partition coefficient (Wildman–Crippen LogP) is 6.06. The van der Waals surface area contributed by atoms with Gasteiger partial charge in [-0.15, -0.1) is 0 Å². The summed E-state index contributed by atoms with van der Waals surface area (Å²) in [5, 5.41) is 3.33. The number of ether oxygens (including phenoxy) is 2. The largest absolute Gasteiger partial charge is 0.490 e. The zero-order valence-electron chi connectivity index (χ0n) is 19.6. The van der Waals surface area contributed by atoms with Gasteiger partial charge < -0.3 is 19.2 Å². The molecule has 0 atom stereocenters. The minimum atomic E-state index is -0.332. The molecule has 1 N–H and O–H groups in total. The van der Waals surface area contributed by atoms with Crippen LogP contribution in [0.4, 0.5) is 5.69 Å². The summed E-state index contributed by atoms with van der Waals surface area (Å²) in [5.74, 6) is 1.01. The molecule has 0 saturated carbocycles. The Labute approximate surface area is 223 Å². The molecule has 0 unspecified atom stereocenters. The number of carbonyl (C=O) groups is 2. The molecule has 2 amide bonds. The van der Waals surface area contributed by atoms with Gasteiger partial charge in [-0.2, -0.15) is 0 Å². The molecule has 3 aromatic rings. The summed E-state index contributed by atoms with van der Waals surface area (Å²) < 4.78 is 17.2. The lowest BCUT2D eigenvalue weighted by atomic mass is 10.2. The van der Waals surface area contributed by atoms with Gasteiger partial charge >= 0.3 is 0 Å². The van der Waals surface area contributed by atoms with Gasteiger partial charge in [-0.05, 0) is 67.4 Å². The van der Waals surface area contributed by atoms with Crippen LogP contribution in [0.5, 0.6) is 11.5 Å². The first kappa shape index (κ1) is 25.8. The van der Waals surface area contributed by atoms with Crippen LogP contribution in [0.15, 0.2) is 64.1 Å². The molecule has 36 heavy (non-hydrogen) atoms.